The highest BCUT2D eigenvalue weighted by atomic mass is 19.1. The number of halogens is 1. The number of imide groups is 1. The molecule has 1 aromatic heterocycles. The lowest BCUT2D eigenvalue weighted by molar-refractivity contribution is -0.125. The van der Waals surface area contributed by atoms with Crippen LogP contribution >= 0.6 is 0 Å². The van der Waals surface area contributed by atoms with E-state index in [0.717, 1.165) is 32.6 Å². The number of nitrogens with one attached hydrogen (secondary N) is 2. The van der Waals surface area contributed by atoms with Gasteiger partial charge in [0.1, 0.15) is 5.82 Å². The van der Waals surface area contributed by atoms with Gasteiger partial charge in [-0.15, -0.1) is 0 Å². The Morgan fingerprint density at radius 2 is 1.83 bits per heavy atom. The number of aromatic nitrogens is 1. The summed E-state index contributed by atoms with van der Waals surface area (Å²) in [6.45, 7) is 2.42. The number of hydrogen-bond donors (Lipinski definition) is 2. The number of carbonyl (C=O) groups is 3. The molecule has 6 rings (SSSR count). The van der Waals surface area contributed by atoms with Gasteiger partial charge in [-0.3, -0.25) is 9.59 Å². The first kappa shape index (κ1) is 22.0. The summed E-state index contributed by atoms with van der Waals surface area (Å²) in [6.07, 6.45) is 0.646. The highest BCUT2D eigenvalue weighted by molar-refractivity contribution is 6.24. The molecule has 2 aliphatic heterocycles. The van der Waals surface area contributed by atoms with Gasteiger partial charge in [0.25, 0.3) is 11.8 Å². The topological polar surface area (TPSA) is 85.5 Å². The van der Waals surface area contributed by atoms with Crippen LogP contribution in [0.25, 0.3) is 10.9 Å². The summed E-state index contributed by atoms with van der Waals surface area (Å²) in [5, 5.41) is 3.86. The molecular formula is C28H23FN4O3. The molecular weight excluding hydrogens is 459 g/mol. The average Bonchev–Trinajstić information content (AvgIpc) is 3.37. The van der Waals surface area contributed by atoms with E-state index in [2.05, 4.69) is 10.3 Å². The lowest BCUT2D eigenvalue weighted by Gasteiger charge is -2.35. The Morgan fingerprint density at radius 1 is 1.06 bits per heavy atom. The zero-order valence-electron chi connectivity index (χ0n) is 19.5. The Balaban J connectivity index is 1.30. The number of carbonyl (C=O) groups excluding carboxylic acids is 3. The van der Waals surface area contributed by atoms with Gasteiger partial charge in [0, 0.05) is 29.6 Å². The first-order valence-electron chi connectivity index (χ1n) is 11.8. The number of benzene rings is 3. The van der Waals surface area contributed by atoms with Crippen molar-refractivity contribution in [1.82, 2.24) is 15.2 Å². The van der Waals surface area contributed by atoms with E-state index in [-0.39, 0.29) is 24.2 Å². The molecule has 4 aromatic rings. The monoisotopic (exact) mass is 482 g/mol. The van der Waals surface area contributed by atoms with Gasteiger partial charge in [-0.25, -0.2) is 14.1 Å². The van der Waals surface area contributed by atoms with Crippen LogP contribution in [0.15, 0.2) is 72.8 Å². The van der Waals surface area contributed by atoms with Gasteiger partial charge in [0.05, 0.1) is 11.4 Å². The molecule has 0 bridgehead atoms. The van der Waals surface area contributed by atoms with Crippen molar-refractivity contribution in [2.75, 3.05) is 11.4 Å². The molecule has 0 radical (unpaired) electrons. The van der Waals surface area contributed by atoms with Crippen LogP contribution in [0.5, 0.6) is 0 Å². The third-order valence-electron chi connectivity index (χ3n) is 7.20. The highest BCUT2D eigenvalue weighted by Crippen LogP contribution is 2.45. The van der Waals surface area contributed by atoms with Crippen molar-refractivity contribution in [3.05, 3.63) is 101 Å². The van der Waals surface area contributed by atoms with E-state index in [1.807, 2.05) is 24.3 Å². The number of amides is 4. The molecule has 7 nitrogen and oxygen atoms in total. The van der Waals surface area contributed by atoms with Gasteiger partial charge in [0.2, 0.25) is 0 Å². The number of hydrogen-bond acceptors (Lipinski definition) is 3. The summed E-state index contributed by atoms with van der Waals surface area (Å²) in [4.78, 5) is 46.3. The first-order valence-corrected chi connectivity index (χ1v) is 11.8. The van der Waals surface area contributed by atoms with E-state index < -0.39 is 11.6 Å². The molecule has 0 unspecified atom stereocenters. The SMILES string of the molecule is C[C@]12C(=O)N(c3cccc(C(=O)NCc4ccc(F)cc4)c3)C(=O)N1CCc1c2[nH]c2ccccc12. The molecule has 1 atom stereocenters. The average molecular weight is 483 g/mol. The van der Waals surface area contributed by atoms with Crippen molar-refractivity contribution in [3.63, 3.8) is 0 Å². The number of para-hydroxylation sites is 1. The van der Waals surface area contributed by atoms with Gasteiger partial charge in [-0.1, -0.05) is 36.4 Å². The summed E-state index contributed by atoms with van der Waals surface area (Å²) in [5.41, 5.74) is 2.98. The molecule has 4 amide bonds. The van der Waals surface area contributed by atoms with Crippen LogP contribution in [0.3, 0.4) is 0 Å². The zero-order chi connectivity index (χ0) is 25.0. The molecule has 2 aliphatic rings. The van der Waals surface area contributed by atoms with Gasteiger partial charge in [-0.05, 0) is 60.9 Å². The minimum Gasteiger partial charge on any atom is -0.356 e. The Hall–Kier alpha value is -4.46. The lowest BCUT2D eigenvalue weighted by atomic mass is 9.87. The van der Waals surface area contributed by atoms with Crippen molar-refractivity contribution in [2.45, 2.75) is 25.4 Å². The summed E-state index contributed by atoms with van der Waals surface area (Å²) in [5.74, 6) is -1.06. The Kier molecular flexibility index (Phi) is 4.93. The molecule has 0 spiro atoms. The predicted molar refractivity (Wildman–Crippen MR) is 133 cm³/mol. The Morgan fingerprint density at radius 3 is 2.64 bits per heavy atom. The van der Waals surface area contributed by atoms with Crippen LogP contribution in [0.4, 0.5) is 14.9 Å². The number of nitrogens with zero attached hydrogens (tertiary/aromatic N) is 2. The fourth-order valence-corrected chi connectivity index (χ4v) is 5.29. The maximum absolute atomic E-state index is 13.8. The molecule has 3 heterocycles. The molecule has 0 saturated carbocycles. The van der Waals surface area contributed by atoms with Crippen LogP contribution in [-0.4, -0.2) is 34.3 Å². The Bertz CT molecular complexity index is 1540. The van der Waals surface area contributed by atoms with Gasteiger partial charge < -0.3 is 15.2 Å². The summed E-state index contributed by atoms with van der Waals surface area (Å²) >= 11 is 0. The second-order valence-corrected chi connectivity index (χ2v) is 9.28. The number of rotatable bonds is 4. The van der Waals surface area contributed by atoms with Crippen LogP contribution in [-0.2, 0) is 23.3 Å². The van der Waals surface area contributed by atoms with Gasteiger partial charge in [-0.2, -0.15) is 0 Å². The lowest BCUT2D eigenvalue weighted by Crippen LogP contribution is -2.49. The zero-order valence-corrected chi connectivity index (χ0v) is 19.5. The number of fused-ring (bicyclic) bond motifs is 5. The smallest absolute Gasteiger partial charge is 0.332 e. The van der Waals surface area contributed by atoms with E-state index in [9.17, 15) is 18.8 Å². The molecule has 1 saturated heterocycles. The number of anilines is 1. The van der Waals surface area contributed by atoms with Gasteiger partial charge >= 0.3 is 6.03 Å². The fourth-order valence-electron chi connectivity index (χ4n) is 5.29. The number of urea groups is 1. The third-order valence-corrected chi connectivity index (χ3v) is 7.20. The van der Waals surface area contributed by atoms with E-state index in [1.54, 1.807) is 48.2 Å². The van der Waals surface area contributed by atoms with E-state index in [0.29, 0.717) is 24.2 Å². The molecule has 180 valence electrons. The van der Waals surface area contributed by atoms with Crippen molar-refractivity contribution in [1.29, 1.82) is 0 Å². The quantitative estimate of drug-likeness (QED) is 0.421. The van der Waals surface area contributed by atoms with E-state index in [4.69, 9.17) is 0 Å². The normalized spacial score (nSPS) is 18.9. The third kappa shape index (κ3) is 3.21. The van der Waals surface area contributed by atoms with Crippen molar-refractivity contribution in [2.24, 2.45) is 0 Å². The highest BCUT2D eigenvalue weighted by Gasteiger charge is 2.59. The number of H-pyrrole nitrogens is 1. The molecule has 1 fully saturated rings. The Labute approximate surface area is 206 Å². The largest absolute Gasteiger partial charge is 0.356 e. The maximum atomic E-state index is 13.8. The minimum atomic E-state index is -1.16. The second-order valence-electron chi connectivity index (χ2n) is 9.28. The van der Waals surface area contributed by atoms with Gasteiger partial charge in [0.15, 0.2) is 5.54 Å². The summed E-state index contributed by atoms with van der Waals surface area (Å²) in [6, 6.07) is 19.8. The standard InChI is InChI=1S/C28H23FN4O3/c1-28-24-22(21-7-2-3-8-23(21)31-24)13-14-32(28)27(36)33(26(28)35)20-6-4-5-18(15-20)25(34)30-16-17-9-11-19(29)12-10-17/h2-12,15,31H,13-14,16H2,1H3,(H,30,34)/t28-/m0/s1. The summed E-state index contributed by atoms with van der Waals surface area (Å²) in [7, 11) is 0. The minimum absolute atomic E-state index is 0.222. The first-order chi connectivity index (χ1) is 17.4. The summed E-state index contributed by atoms with van der Waals surface area (Å²) < 4.78 is 13.1. The van der Waals surface area contributed by atoms with Crippen LogP contribution < -0.4 is 10.2 Å². The van der Waals surface area contributed by atoms with Crippen molar-refractivity contribution < 1.29 is 18.8 Å². The predicted octanol–water partition coefficient (Wildman–Crippen LogP) is 4.48. The van der Waals surface area contributed by atoms with E-state index >= 15 is 0 Å². The van der Waals surface area contributed by atoms with Crippen LogP contribution in [0.1, 0.15) is 34.1 Å². The second kappa shape index (κ2) is 8.05. The molecule has 36 heavy (non-hydrogen) atoms. The van der Waals surface area contributed by atoms with Crippen LogP contribution in [0.2, 0.25) is 0 Å². The van der Waals surface area contributed by atoms with Crippen molar-refractivity contribution in [3.8, 4) is 0 Å². The maximum Gasteiger partial charge on any atom is 0.332 e. The van der Waals surface area contributed by atoms with Crippen molar-refractivity contribution >= 4 is 34.4 Å². The fraction of sp³-hybridized carbons (Fsp3) is 0.179. The molecule has 3 aromatic carbocycles. The van der Waals surface area contributed by atoms with E-state index in [1.165, 1.54) is 12.1 Å². The molecule has 0 aliphatic carbocycles. The molecule has 8 heteroatoms. The van der Waals surface area contributed by atoms with Crippen LogP contribution in [0, 0.1) is 5.82 Å². The number of aromatic amines is 1. The molecule has 2 N–H and O–H groups in total.